The van der Waals surface area contributed by atoms with E-state index in [1.807, 2.05) is 0 Å². The Morgan fingerprint density at radius 3 is 1.84 bits per heavy atom. The molecule has 1 aliphatic carbocycles. The lowest BCUT2D eigenvalue weighted by Gasteiger charge is -2.18. The molecule has 0 N–H and O–H groups in total. The first-order valence-electron chi connectivity index (χ1n) is 7.06. The van der Waals surface area contributed by atoms with E-state index in [2.05, 4.69) is 48.5 Å². The van der Waals surface area contributed by atoms with E-state index >= 15 is 0 Å². The summed E-state index contributed by atoms with van der Waals surface area (Å²) < 4.78 is 6.09. The Kier molecular flexibility index (Phi) is 2.47. The lowest BCUT2D eigenvalue weighted by atomic mass is 9.86. The van der Waals surface area contributed by atoms with Crippen molar-refractivity contribution in [2.24, 2.45) is 0 Å². The highest BCUT2D eigenvalue weighted by molar-refractivity contribution is 6.02. The van der Waals surface area contributed by atoms with Crippen LogP contribution in [0.4, 0.5) is 0 Å². The second-order valence-electron chi connectivity index (χ2n) is 6.02. The van der Waals surface area contributed by atoms with Crippen molar-refractivity contribution in [3.05, 3.63) is 44.7 Å². The van der Waals surface area contributed by atoms with Crippen LogP contribution < -0.4 is 0 Å². The van der Waals surface area contributed by atoms with Crippen LogP contribution in [0.1, 0.15) is 54.2 Å². The van der Waals surface area contributed by atoms with Crippen molar-refractivity contribution < 1.29 is 4.74 Å². The third kappa shape index (κ3) is 1.36. The van der Waals surface area contributed by atoms with Crippen molar-refractivity contribution >= 4 is 11.1 Å². The Morgan fingerprint density at radius 1 is 0.737 bits per heavy atom. The van der Waals surface area contributed by atoms with Crippen LogP contribution in [0.5, 0.6) is 0 Å². The Morgan fingerprint density at radius 2 is 1.26 bits per heavy atom. The van der Waals surface area contributed by atoms with Gasteiger partial charge in [0.15, 0.2) is 0 Å². The molecule has 1 unspecified atom stereocenters. The van der Waals surface area contributed by atoms with E-state index in [1.54, 1.807) is 0 Å². The first-order chi connectivity index (χ1) is 8.86. The Labute approximate surface area is 116 Å². The van der Waals surface area contributed by atoms with Crippen molar-refractivity contribution in [2.45, 2.75) is 54.6 Å². The second kappa shape index (κ2) is 3.75. The zero-order valence-electron chi connectivity index (χ0n) is 13.0. The molecule has 0 aromatic heterocycles. The van der Waals surface area contributed by atoms with Gasteiger partial charge < -0.3 is 4.74 Å². The maximum Gasteiger partial charge on any atom is 0.131 e. The molecule has 2 aliphatic rings. The average molecular weight is 254 g/mol. The van der Waals surface area contributed by atoms with Crippen LogP contribution >= 0.6 is 0 Å². The molecule has 1 heterocycles. The van der Waals surface area contributed by atoms with Crippen molar-refractivity contribution in [1.29, 1.82) is 0 Å². The van der Waals surface area contributed by atoms with E-state index in [0.29, 0.717) is 0 Å². The summed E-state index contributed by atoms with van der Waals surface area (Å²) in [5, 5.41) is 0. The molecule has 1 aromatic carbocycles. The summed E-state index contributed by atoms with van der Waals surface area (Å²) in [4.78, 5) is 0. The fourth-order valence-electron chi connectivity index (χ4n) is 3.50. The largest absolute Gasteiger partial charge is 0.485 e. The molecule has 0 fully saturated rings. The average Bonchev–Trinajstić information content (AvgIpc) is 2.82. The fraction of sp³-hybridized carbons (Fsp3) is 0.444. The maximum absolute atomic E-state index is 6.09. The number of rotatable bonds is 0. The quantitative estimate of drug-likeness (QED) is 0.642. The molecule has 0 saturated carbocycles. The van der Waals surface area contributed by atoms with Crippen LogP contribution in [0.25, 0.3) is 11.1 Å². The lowest BCUT2D eigenvalue weighted by Crippen LogP contribution is -2.04. The van der Waals surface area contributed by atoms with Gasteiger partial charge in [0.25, 0.3) is 0 Å². The van der Waals surface area contributed by atoms with Crippen molar-refractivity contribution in [3.63, 3.8) is 0 Å². The van der Waals surface area contributed by atoms with Gasteiger partial charge in [-0.2, -0.15) is 0 Å². The topological polar surface area (TPSA) is 9.23 Å². The van der Waals surface area contributed by atoms with Crippen molar-refractivity contribution in [2.75, 3.05) is 0 Å². The molecule has 1 aliphatic heterocycles. The monoisotopic (exact) mass is 254 g/mol. The predicted octanol–water partition coefficient (Wildman–Crippen LogP) is 4.86. The maximum atomic E-state index is 6.09. The summed E-state index contributed by atoms with van der Waals surface area (Å²) in [6.45, 7) is 15.5. The third-order valence-electron chi connectivity index (χ3n) is 5.18. The highest BCUT2D eigenvalue weighted by Gasteiger charge is 2.37. The van der Waals surface area contributed by atoms with Gasteiger partial charge in [-0.3, -0.25) is 0 Å². The SMILES string of the molecule is CC1=C2OC(C)C(C)=C2c2c(C)c(C)c(C)c(C)c21. The molecule has 0 amide bonds. The van der Waals surface area contributed by atoms with Gasteiger partial charge >= 0.3 is 0 Å². The van der Waals surface area contributed by atoms with E-state index < -0.39 is 0 Å². The van der Waals surface area contributed by atoms with E-state index in [4.69, 9.17) is 4.74 Å². The number of allylic oxidation sites excluding steroid dienone is 2. The molecule has 3 rings (SSSR count). The van der Waals surface area contributed by atoms with Crippen molar-refractivity contribution in [3.8, 4) is 0 Å². The number of ether oxygens (including phenoxy) is 1. The Hall–Kier alpha value is -1.50. The molecule has 1 aromatic rings. The molecule has 1 nitrogen and oxygen atoms in total. The zero-order chi connectivity index (χ0) is 14.1. The zero-order valence-corrected chi connectivity index (χ0v) is 13.0. The van der Waals surface area contributed by atoms with Gasteiger partial charge in [-0.25, -0.2) is 0 Å². The Bertz CT molecular complexity index is 672. The summed E-state index contributed by atoms with van der Waals surface area (Å²) in [7, 11) is 0. The normalized spacial score (nSPS) is 20.9. The molecule has 1 atom stereocenters. The van der Waals surface area contributed by atoms with Gasteiger partial charge in [0.1, 0.15) is 11.9 Å². The van der Waals surface area contributed by atoms with Crippen LogP contribution in [0.2, 0.25) is 0 Å². The number of benzene rings is 1. The van der Waals surface area contributed by atoms with E-state index in [-0.39, 0.29) is 6.10 Å². The minimum atomic E-state index is 0.217. The van der Waals surface area contributed by atoms with Crippen LogP contribution in [-0.2, 0) is 4.74 Å². The fourth-order valence-corrected chi connectivity index (χ4v) is 3.50. The molecule has 0 spiro atoms. The summed E-state index contributed by atoms with van der Waals surface area (Å²) in [6, 6.07) is 0. The Balaban J connectivity index is 2.46. The highest BCUT2D eigenvalue weighted by atomic mass is 16.5. The standard InChI is InChI=1S/C18H22O/c1-8-9(2)11(4)16-15(10(8)3)13(6)18-17(16)12(5)14(7)19-18/h14H,1-7H3. The number of hydrogen-bond donors (Lipinski definition) is 0. The predicted molar refractivity (Wildman–Crippen MR) is 81.1 cm³/mol. The molecule has 19 heavy (non-hydrogen) atoms. The van der Waals surface area contributed by atoms with Crippen LogP contribution in [-0.4, -0.2) is 6.10 Å². The summed E-state index contributed by atoms with van der Waals surface area (Å²) in [6.07, 6.45) is 0.217. The van der Waals surface area contributed by atoms with Gasteiger partial charge in [0.2, 0.25) is 0 Å². The molecule has 1 heteroatoms. The van der Waals surface area contributed by atoms with Gasteiger partial charge in [-0.15, -0.1) is 0 Å². The highest BCUT2D eigenvalue weighted by Crippen LogP contribution is 2.51. The number of fused-ring (bicyclic) bond motifs is 3. The molecule has 0 bridgehead atoms. The van der Waals surface area contributed by atoms with E-state index in [0.717, 1.165) is 5.76 Å². The van der Waals surface area contributed by atoms with E-state index in [1.165, 1.54) is 50.1 Å². The number of hydrogen-bond acceptors (Lipinski definition) is 1. The molecule has 0 saturated heterocycles. The van der Waals surface area contributed by atoms with Gasteiger partial charge in [0.05, 0.1) is 0 Å². The van der Waals surface area contributed by atoms with Crippen LogP contribution in [0.3, 0.4) is 0 Å². The van der Waals surface area contributed by atoms with E-state index in [9.17, 15) is 0 Å². The van der Waals surface area contributed by atoms with Gasteiger partial charge in [0, 0.05) is 5.57 Å². The van der Waals surface area contributed by atoms with Gasteiger partial charge in [-0.05, 0) is 93.0 Å². The minimum Gasteiger partial charge on any atom is -0.485 e. The first kappa shape index (κ1) is 12.5. The molecule has 0 radical (unpaired) electrons. The molecular weight excluding hydrogens is 232 g/mol. The van der Waals surface area contributed by atoms with Crippen LogP contribution in [0.15, 0.2) is 11.3 Å². The lowest BCUT2D eigenvalue weighted by molar-refractivity contribution is 0.193. The summed E-state index contributed by atoms with van der Waals surface area (Å²) in [5.74, 6) is 1.12. The minimum absolute atomic E-state index is 0.217. The second-order valence-corrected chi connectivity index (χ2v) is 6.02. The third-order valence-corrected chi connectivity index (χ3v) is 5.18. The van der Waals surface area contributed by atoms with Crippen LogP contribution in [0, 0.1) is 27.7 Å². The smallest absolute Gasteiger partial charge is 0.131 e. The summed E-state index contributed by atoms with van der Waals surface area (Å²) in [5.41, 5.74) is 12.6. The van der Waals surface area contributed by atoms with Gasteiger partial charge in [-0.1, -0.05) is 0 Å². The summed E-state index contributed by atoms with van der Waals surface area (Å²) >= 11 is 0. The van der Waals surface area contributed by atoms with Crippen molar-refractivity contribution in [1.82, 2.24) is 0 Å². The molecule has 100 valence electrons. The first-order valence-corrected chi connectivity index (χ1v) is 7.06. The molecular formula is C18H22O.